The van der Waals surface area contributed by atoms with E-state index in [-0.39, 0.29) is 0 Å². The minimum Gasteiger partial charge on any atom is -0.309 e. The molecular weight excluding hydrogens is 783 g/mol. The average Bonchev–Trinajstić information content (AvgIpc) is 3.71. The normalized spacial score (nSPS) is 11.7. The first-order valence-corrected chi connectivity index (χ1v) is 22.5. The number of nitrogens with zero attached hydrogens (tertiary/aromatic N) is 1. The van der Waals surface area contributed by atoms with Crippen LogP contribution in [0.3, 0.4) is 0 Å². The van der Waals surface area contributed by atoms with Crippen LogP contribution in [-0.2, 0) is 0 Å². The predicted octanol–water partition coefficient (Wildman–Crippen LogP) is 17.7. The van der Waals surface area contributed by atoms with Crippen molar-refractivity contribution in [2.24, 2.45) is 0 Å². The zero-order valence-electron chi connectivity index (χ0n) is 35.6. The minimum absolute atomic E-state index is 1.14. The fourth-order valence-electron chi connectivity index (χ4n) is 10.4. The van der Waals surface area contributed by atoms with Crippen LogP contribution < -0.4 is 0 Å². The van der Waals surface area contributed by atoms with Crippen molar-refractivity contribution in [2.75, 3.05) is 0 Å². The van der Waals surface area contributed by atoms with Gasteiger partial charge in [0.15, 0.2) is 0 Å². The monoisotopic (exact) mass is 823 g/mol. The first-order valence-electron chi connectivity index (χ1n) is 22.5. The number of hydrogen-bond donors (Lipinski definition) is 0. The Balaban J connectivity index is 0.922. The van der Waals surface area contributed by atoms with Crippen LogP contribution in [0.5, 0.6) is 0 Å². The molecule has 1 heterocycles. The van der Waals surface area contributed by atoms with Crippen molar-refractivity contribution in [3.8, 4) is 61.3 Å². The third-order valence-corrected chi connectivity index (χ3v) is 13.6. The lowest BCUT2D eigenvalue weighted by Crippen LogP contribution is -1.94. The second kappa shape index (κ2) is 15.1. The minimum atomic E-state index is 1.14. The largest absolute Gasteiger partial charge is 0.309 e. The molecule has 0 radical (unpaired) electrons. The van der Waals surface area contributed by atoms with Gasteiger partial charge in [-0.3, -0.25) is 0 Å². The molecule has 0 saturated carbocycles. The molecule has 0 aliphatic carbocycles. The van der Waals surface area contributed by atoms with Gasteiger partial charge in [0.05, 0.1) is 11.0 Å². The lowest BCUT2D eigenvalue weighted by molar-refractivity contribution is 1.18. The number of rotatable bonds is 6. The molecule has 1 aromatic heterocycles. The van der Waals surface area contributed by atoms with Crippen LogP contribution >= 0.6 is 0 Å². The molecule has 0 aliphatic heterocycles. The molecule has 1 heteroatoms. The second-order valence-electron chi connectivity index (χ2n) is 17.2. The lowest BCUT2D eigenvalue weighted by Gasteiger charge is -2.12. The Bertz CT molecular complexity index is 3730. The quantitative estimate of drug-likeness (QED) is 0.147. The molecule has 13 aromatic rings. The highest BCUT2D eigenvalue weighted by Crippen LogP contribution is 2.41. The summed E-state index contributed by atoms with van der Waals surface area (Å²) in [5, 5.41) is 12.7. The Morgan fingerprint density at radius 1 is 0.200 bits per heavy atom. The van der Waals surface area contributed by atoms with E-state index in [0.29, 0.717) is 0 Å². The molecular formula is C64H41N. The molecule has 0 amide bonds. The summed E-state index contributed by atoms with van der Waals surface area (Å²) in [5.41, 5.74) is 15.7. The van der Waals surface area contributed by atoms with Gasteiger partial charge in [0, 0.05) is 16.5 Å². The third-order valence-electron chi connectivity index (χ3n) is 13.6. The predicted molar refractivity (Wildman–Crippen MR) is 278 cm³/mol. The van der Waals surface area contributed by atoms with Gasteiger partial charge in [0.1, 0.15) is 0 Å². The third kappa shape index (κ3) is 6.24. The van der Waals surface area contributed by atoms with Gasteiger partial charge in [0.2, 0.25) is 0 Å². The molecule has 0 fully saturated rings. The number of fused-ring (bicyclic) bond motifs is 9. The van der Waals surface area contributed by atoms with Gasteiger partial charge >= 0.3 is 0 Å². The first-order chi connectivity index (χ1) is 32.2. The molecule has 65 heavy (non-hydrogen) atoms. The van der Waals surface area contributed by atoms with E-state index in [9.17, 15) is 0 Å². The summed E-state index contributed by atoms with van der Waals surface area (Å²) >= 11 is 0. The van der Waals surface area contributed by atoms with Gasteiger partial charge in [-0.25, -0.2) is 0 Å². The van der Waals surface area contributed by atoms with Gasteiger partial charge in [0.25, 0.3) is 0 Å². The van der Waals surface area contributed by atoms with E-state index in [2.05, 4.69) is 253 Å². The standard InChI is InChI=1S/C64H41N/c1-2-12-42(13-3-1)43-30-34-52(35-31-43)65-63-36-32-48(44-22-26-46(27-23-44)59-40-50-14-4-6-16-53(50)55-18-8-10-20-57(55)59)38-61(63)62-39-49(33-37-64(62)65)45-24-28-47(29-25-45)60-41-51-15-5-7-17-54(51)56-19-9-11-21-58(56)60/h1-41H. The Hall–Kier alpha value is -8.52. The van der Waals surface area contributed by atoms with Crippen molar-refractivity contribution >= 4 is 64.9 Å². The molecule has 0 spiro atoms. The molecule has 13 rings (SSSR count). The maximum Gasteiger partial charge on any atom is 0.0541 e. The summed E-state index contributed by atoms with van der Waals surface area (Å²) in [4.78, 5) is 0. The molecule has 0 atom stereocenters. The fraction of sp³-hybridized carbons (Fsp3) is 0. The zero-order chi connectivity index (χ0) is 42.8. The summed E-state index contributed by atoms with van der Waals surface area (Å²) < 4.78 is 2.43. The van der Waals surface area contributed by atoms with E-state index in [0.717, 1.165) is 5.69 Å². The molecule has 1 nitrogen and oxygen atoms in total. The SMILES string of the molecule is c1ccc(-c2ccc(-n3c4ccc(-c5ccc(-c6cc7ccccc7c7ccccc67)cc5)cc4c4cc(-c5ccc(-c6cc7ccccc7c7ccccc67)cc5)ccc43)cc2)cc1. The molecule has 12 aromatic carbocycles. The van der Waals surface area contributed by atoms with E-state index in [1.807, 2.05) is 0 Å². The lowest BCUT2D eigenvalue weighted by atomic mass is 9.92. The molecule has 0 bridgehead atoms. The van der Waals surface area contributed by atoms with E-state index in [4.69, 9.17) is 0 Å². The smallest absolute Gasteiger partial charge is 0.0541 e. The molecule has 0 saturated heterocycles. The van der Waals surface area contributed by atoms with Crippen molar-refractivity contribution in [1.82, 2.24) is 4.57 Å². The highest BCUT2D eigenvalue weighted by atomic mass is 15.0. The number of aromatic nitrogens is 1. The van der Waals surface area contributed by atoms with E-state index in [1.165, 1.54) is 121 Å². The van der Waals surface area contributed by atoms with Gasteiger partial charge in [-0.1, -0.05) is 200 Å². The highest BCUT2D eigenvalue weighted by molar-refractivity contribution is 6.15. The summed E-state index contributed by atoms with van der Waals surface area (Å²) in [5.74, 6) is 0. The Kier molecular flexibility index (Phi) is 8.60. The van der Waals surface area contributed by atoms with Crippen molar-refractivity contribution < 1.29 is 0 Å². The van der Waals surface area contributed by atoms with Crippen LogP contribution in [0.1, 0.15) is 0 Å². The average molecular weight is 824 g/mol. The van der Waals surface area contributed by atoms with Crippen LogP contribution in [-0.4, -0.2) is 4.57 Å². The van der Waals surface area contributed by atoms with Gasteiger partial charge in [-0.15, -0.1) is 0 Å². The van der Waals surface area contributed by atoms with Crippen molar-refractivity contribution in [3.05, 3.63) is 249 Å². The van der Waals surface area contributed by atoms with Crippen LogP contribution in [0.15, 0.2) is 249 Å². The van der Waals surface area contributed by atoms with Crippen LogP contribution in [0, 0.1) is 0 Å². The van der Waals surface area contributed by atoms with Crippen LogP contribution in [0.25, 0.3) is 126 Å². The van der Waals surface area contributed by atoms with Crippen molar-refractivity contribution in [1.29, 1.82) is 0 Å². The van der Waals surface area contributed by atoms with Crippen molar-refractivity contribution in [2.45, 2.75) is 0 Å². The molecule has 0 unspecified atom stereocenters. The summed E-state index contributed by atoms with van der Waals surface area (Å²) in [6.07, 6.45) is 0. The maximum atomic E-state index is 2.43. The van der Waals surface area contributed by atoms with Gasteiger partial charge in [-0.2, -0.15) is 0 Å². The Morgan fingerprint density at radius 2 is 0.538 bits per heavy atom. The topological polar surface area (TPSA) is 4.93 Å². The zero-order valence-corrected chi connectivity index (χ0v) is 35.6. The second-order valence-corrected chi connectivity index (χ2v) is 17.2. The van der Waals surface area contributed by atoms with E-state index in [1.54, 1.807) is 0 Å². The molecule has 0 aliphatic rings. The molecule has 0 N–H and O–H groups in total. The Morgan fingerprint density at radius 3 is 1.02 bits per heavy atom. The molecule has 302 valence electrons. The van der Waals surface area contributed by atoms with E-state index >= 15 is 0 Å². The first kappa shape index (κ1) is 37.1. The van der Waals surface area contributed by atoms with Crippen LogP contribution in [0.2, 0.25) is 0 Å². The highest BCUT2D eigenvalue weighted by Gasteiger charge is 2.17. The summed E-state index contributed by atoms with van der Waals surface area (Å²) in [7, 11) is 0. The fourth-order valence-corrected chi connectivity index (χ4v) is 10.4. The van der Waals surface area contributed by atoms with Crippen molar-refractivity contribution in [3.63, 3.8) is 0 Å². The summed E-state index contributed by atoms with van der Waals surface area (Å²) in [6, 6.07) is 91.5. The Labute approximate surface area is 377 Å². The number of benzene rings is 12. The summed E-state index contributed by atoms with van der Waals surface area (Å²) in [6.45, 7) is 0. The van der Waals surface area contributed by atoms with Gasteiger partial charge in [-0.05, 0) is 147 Å². The maximum absolute atomic E-state index is 2.43. The van der Waals surface area contributed by atoms with Crippen LogP contribution in [0.4, 0.5) is 0 Å². The number of hydrogen-bond acceptors (Lipinski definition) is 0. The van der Waals surface area contributed by atoms with E-state index < -0.39 is 0 Å². The van der Waals surface area contributed by atoms with Gasteiger partial charge < -0.3 is 4.57 Å².